The summed E-state index contributed by atoms with van der Waals surface area (Å²) in [6, 6.07) is 11.9. The molecule has 0 fully saturated rings. The number of nitro groups is 1. The second kappa shape index (κ2) is 5.92. The fourth-order valence-corrected chi connectivity index (χ4v) is 2.40. The summed E-state index contributed by atoms with van der Waals surface area (Å²) >= 11 is 0. The average molecular weight is 310 g/mol. The molecule has 6 nitrogen and oxygen atoms in total. The van der Waals surface area contributed by atoms with Crippen molar-refractivity contribution in [1.29, 1.82) is 0 Å². The van der Waals surface area contributed by atoms with Gasteiger partial charge in [-0.15, -0.1) is 0 Å². The van der Waals surface area contributed by atoms with Crippen molar-refractivity contribution in [2.45, 2.75) is 0 Å². The number of non-ortho nitro benzene ring substituents is 1. The molecule has 0 spiro atoms. The molecule has 0 radical (unpaired) electrons. The molecule has 0 atom stereocenters. The summed E-state index contributed by atoms with van der Waals surface area (Å²) < 4.78 is 10.6. The minimum Gasteiger partial charge on any atom is -0.497 e. The Morgan fingerprint density at radius 2 is 1.78 bits per heavy atom. The van der Waals surface area contributed by atoms with Crippen molar-refractivity contribution >= 4 is 16.5 Å². The maximum absolute atomic E-state index is 10.7. The molecule has 2 aromatic carbocycles. The lowest BCUT2D eigenvalue weighted by Crippen LogP contribution is -1.91. The van der Waals surface area contributed by atoms with Crippen molar-refractivity contribution in [2.24, 2.45) is 0 Å². The average Bonchev–Trinajstić information content (AvgIpc) is 2.60. The molecule has 6 heteroatoms. The van der Waals surface area contributed by atoms with Crippen LogP contribution in [0, 0.1) is 10.1 Å². The van der Waals surface area contributed by atoms with Crippen LogP contribution in [-0.2, 0) is 0 Å². The summed E-state index contributed by atoms with van der Waals surface area (Å²) in [6.45, 7) is 0. The Bertz CT molecular complexity index is 876. The van der Waals surface area contributed by atoms with Crippen molar-refractivity contribution in [3.8, 4) is 22.8 Å². The van der Waals surface area contributed by atoms with E-state index in [0.717, 1.165) is 22.0 Å². The zero-order valence-corrected chi connectivity index (χ0v) is 12.6. The van der Waals surface area contributed by atoms with Crippen molar-refractivity contribution in [3.63, 3.8) is 0 Å². The lowest BCUT2D eigenvalue weighted by atomic mass is 10.1. The number of nitrogens with zero attached hydrogens (tertiary/aromatic N) is 2. The molecule has 0 bridgehead atoms. The highest BCUT2D eigenvalue weighted by atomic mass is 16.6. The summed E-state index contributed by atoms with van der Waals surface area (Å²) in [5, 5.41) is 12.5. The van der Waals surface area contributed by atoms with Crippen molar-refractivity contribution in [3.05, 3.63) is 58.8 Å². The first-order chi connectivity index (χ1) is 11.1. The Hall–Kier alpha value is -3.15. The van der Waals surface area contributed by atoms with Gasteiger partial charge >= 0.3 is 0 Å². The van der Waals surface area contributed by atoms with Crippen LogP contribution in [0.1, 0.15) is 0 Å². The van der Waals surface area contributed by atoms with Crippen LogP contribution in [0.15, 0.2) is 48.7 Å². The molecular formula is C17H14N2O4. The molecule has 0 saturated carbocycles. The number of nitro benzene ring substituents is 1. The first kappa shape index (κ1) is 14.8. The number of hydrogen-bond donors (Lipinski definition) is 0. The van der Waals surface area contributed by atoms with Crippen LogP contribution < -0.4 is 9.47 Å². The second-order valence-electron chi connectivity index (χ2n) is 4.92. The Morgan fingerprint density at radius 1 is 1.04 bits per heavy atom. The molecule has 23 heavy (non-hydrogen) atoms. The Kier molecular flexibility index (Phi) is 3.80. The third-order valence-corrected chi connectivity index (χ3v) is 3.60. The molecule has 0 amide bonds. The van der Waals surface area contributed by atoms with Gasteiger partial charge in [0.15, 0.2) is 0 Å². The Balaban J connectivity index is 2.10. The summed E-state index contributed by atoms with van der Waals surface area (Å²) in [7, 11) is 3.19. The number of aromatic nitrogens is 1. The highest BCUT2D eigenvalue weighted by Crippen LogP contribution is 2.33. The van der Waals surface area contributed by atoms with Gasteiger partial charge in [0, 0.05) is 35.3 Å². The number of rotatable bonds is 4. The van der Waals surface area contributed by atoms with Crippen LogP contribution in [0.25, 0.3) is 22.0 Å². The molecular weight excluding hydrogens is 296 g/mol. The number of fused-ring (bicyclic) bond motifs is 1. The van der Waals surface area contributed by atoms with Gasteiger partial charge in [0.05, 0.1) is 24.8 Å². The first-order valence-electron chi connectivity index (χ1n) is 6.89. The number of pyridine rings is 1. The van der Waals surface area contributed by atoms with Gasteiger partial charge in [-0.1, -0.05) is 0 Å². The smallest absolute Gasteiger partial charge is 0.269 e. The van der Waals surface area contributed by atoms with E-state index in [1.807, 2.05) is 12.1 Å². The Labute approximate surface area is 132 Å². The molecule has 116 valence electrons. The van der Waals surface area contributed by atoms with Gasteiger partial charge < -0.3 is 9.47 Å². The van der Waals surface area contributed by atoms with E-state index in [2.05, 4.69) is 4.98 Å². The lowest BCUT2D eigenvalue weighted by molar-refractivity contribution is -0.384. The number of ether oxygens (including phenoxy) is 2. The van der Waals surface area contributed by atoms with Gasteiger partial charge in [-0.2, -0.15) is 0 Å². The summed E-state index contributed by atoms with van der Waals surface area (Å²) in [5.74, 6) is 1.37. The molecule has 3 rings (SSSR count). The normalized spacial score (nSPS) is 10.5. The number of methoxy groups -OCH3 is 2. The van der Waals surface area contributed by atoms with Crippen LogP contribution in [0.2, 0.25) is 0 Å². The van der Waals surface area contributed by atoms with Gasteiger partial charge in [0.25, 0.3) is 5.69 Å². The van der Waals surface area contributed by atoms with E-state index < -0.39 is 4.92 Å². The third-order valence-electron chi connectivity index (χ3n) is 3.60. The largest absolute Gasteiger partial charge is 0.497 e. The first-order valence-corrected chi connectivity index (χ1v) is 6.89. The van der Waals surface area contributed by atoms with Gasteiger partial charge in [-0.25, -0.2) is 0 Å². The zero-order valence-electron chi connectivity index (χ0n) is 12.6. The minimum absolute atomic E-state index is 0.0536. The van der Waals surface area contributed by atoms with Gasteiger partial charge in [0.1, 0.15) is 11.5 Å². The van der Waals surface area contributed by atoms with E-state index in [-0.39, 0.29) is 5.69 Å². The lowest BCUT2D eigenvalue weighted by Gasteiger charge is -2.09. The van der Waals surface area contributed by atoms with Gasteiger partial charge in [-0.3, -0.25) is 15.1 Å². The number of benzene rings is 2. The van der Waals surface area contributed by atoms with Crippen molar-refractivity contribution in [1.82, 2.24) is 4.98 Å². The quantitative estimate of drug-likeness (QED) is 0.541. The standard InChI is InChI=1S/C17H14N2O4/c1-22-14-7-12-8-16(18-10-15(12)17(9-14)23-2)11-3-5-13(6-4-11)19(20)21/h3-10H,1-2H3. The molecule has 0 aliphatic carbocycles. The van der Waals surface area contributed by atoms with E-state index in [1.54, 1.807) is 38.6 Å². The SMILES string of the molecule is COc1cc(OC)c2cnc(-c3ccc([N+](=O)[O-])cc3)cc2c1. The predicted molar refractivity (Wildman–Crippen MR) is 86.9 cm³/mol. The van der Waals surface area contributed by atoms with Crippen LogP contribution in [0.5, 0.6) is 11.5 Å². The Morgan fingerprint density at radius 3 is 2.39 bits per heavy atom. The highest BCUT2D eigenvalue weighted by molar-refractivity contribution is 5.91. The summed E-state index contributed by atoms with van der Waals surface area (Å²) in [6.07, 6.45) is 1.73. The molecule has 3 aromatic rings. The minimum atomic E-state index is -0.423. The van der Waals surface area contributed by atoms with E-state index in [0.29, 0.717) is 11.5 Å². The maximum atomic E-state index is 10.7. The summed E-state index contributed by atoms with van der Waals surface area (Å²) in [4.78, 5) is 14.7. The van der Waals surface area contributed by atoms with E-state index in [4.69, 9.17) is 9.47 Å². The van der Waals surface area contributed by atoms with Crippen LogP contribution >= 0.6 is 0 Å². The monoisotopic (exact) mass is 310 g/mol. The topological polar surface area (TPSA) is 74.5 Å². The van der Waals surface area contributed by atoms with Gasteiger partial charge in [-0.05, 0) is 29.7 Å². The van der Waals surface area contributed by atoms with Gasteiger partial charge in [0.2, 0.25) is 0 Å². The molecule has 0 saturated heterocycles. The zero-order chi connectivity index (χ0) is 16.4. The van der Waals surface area contributed by atoms with Crippen LogP contribution in [-0.4, -0.2) is 24.1 Å². The van der Waals surface area contributed by atoms with Crippen LogP contribution in [0.4, 0.5) is 5.69 Å². The van der Waals surface area contributed by atoms with Crippen molar-refractivity contribution in [2.75, 3.05) is 14.2 Å². The van der Waals surface area contributed by atoms with E-state index in [1.165, 1.54) is 12.1 Å². The third kappa shape index (κ3) is 2.78. The predicted octanol–water partition coefficient (Wildman–Crippen LogP) is 3.83. The van der Waals surface area contributed by atoms with Crippen LogP contribution in [0.3, 0.4) is 0 Å². The molecule has 0 aliphatic rings. The van der Waals surface area contributed by atoms with E-state index in [9.17, 15) is 10.1 Å². The molecule has 1 heterocycles. The summed E-state index contributed by atoms with van der Waals surface area (Å²) in [5.41, 5.74) is 1.58. The second-order valence-corrected chi connectivity index (χ2v) is 4.92. The molecule has 0 unspecified atom stereocenters. The molecule has 0 aliphatic heterocycles. The number of hydrogen-bond acceptors (Lipinski definition) is 5. The molecule has 0 N–H and O–H groups in total. The fraction of sp³-hybridized carbons (Fsp3) is 0.118. The van der Waals surface area contributed by atoms with E-state index >= 15 is 0 Å². The molecule has 1 aromatic heterocycles. The maximum Gasteiger partial charge on any atom is 0.269 e. The highest BCUT2D eigenvalue weighted by Gasteiger charge is 2.10. The fourth-order valence-electron chi connectivity index (χ4n) is 2.40. The van der Waals surface area contributed by atoms with Crippen molar-refractivity contribution < 1.29 is 14.4 Å².